The SMILES string of the molecule is C=CC(=O)OCC=C(C)CCC(CC)=C(C)C. The summed E-state index contributed by atoms with van der Waals surface area (Å²) >= 11 is 0. The maximum atomic E-state index is 10.8. The second-order valence-corrected chi connectivity index (χ2v) is 4.34. The molecule has 0 aromatic heterocycles. The zero-order chi connectivity index (χ0) is 13.3. The van der Waals surface area contributed by atoms with Gasteiger partial charge in [-0.1, -0.05) is 30.2 Å². The highest BCUT2D eigenvalue weighted by molar-refractivity contribution is 5.81. The highest BCUT2D eigenvalue weighted by Crippen LogP contribution is 2.17. The summed E-state index contributed by atoms with van der Waals surface area (Å²) < 4.78 is 4.90. The first-order valence-corrected chi connectivity index (χ1v) is 6.11. The van der Waals surface area contributed by atoms with Crippen molar-refractivity contribution in [3.63, 3.8) is 0 Å². The molecule has 2 heteroatoms. The molecule has 0 rings (SSSR count). The summed E-state index contributed by atoms with van der Waals surface area (Å²) in [5, 5.41) is 0. The van der Waals surface area contributed by atoms with Crippen LogP contribution in [0.25, 0.3) is 0 Å². The van der Waals surface area contributed by atoms with E-state index in [-0.39, 0.29) is 5.97 Å². The number of carbonyl (C=O) groups excluding carboxylic acids is 1. The van der Waals surface area contributed by atoms with Gasteiger partial charge in [0.15, 0.2) is 0 Å². The molecule has 0 radical (unpaired) electrons. The molecule has 0 aromatic carbocycles. The quantitative estimate of drug-likeness (QED) is 0.376. The van der Waals surface area contributed by atoms with Gasteiger partial charge in [0.05, 0.1) is 0 Å². The molecule has 96 valence electrons. The molecule has 0 saturated carbocycles. The number of carbonyl (C=O) groups is 1. The van der Waals surface area contributed by atoms with Crippen LogP contribution in [0.5, 0.6) is 0 Å². The lowest BCUT2D eigenvalue weighted by atomic mass is 10.00. The Kier molecular flexibility index (Phi) is 8.12. The van der Waals surface area contributed by atoms with Crippen molar-refractivity contribution in [3.8, 4) is 0 Å². The van der Waals surface area contributed by atoms with Crippen molar-refractivity contribution >= 4 is 5.97 Å². The average molecular weight is 236 g/mol. The molecule has 0 aromatic rings. The molecule has 0 spiro atoms. The lowest BCUT2D eigenvalue weighted by Crippen LogP contribution is -2.00. The molecule has 0 fully saturated rings. The number of esters is 1. The minimum Gasteiger partial charge on any atom is -0.458 e. The van der Waals surface area contributed by atoms with Gasteiger partial charge in [-0.2, -0.15) is 0 Å². The van der Waals surface area contributed by atoms with Gasteiger partial charge in [0.25, 0.3) is 0 Å². The highest BCUT2D eigenvalue weighted by Gasteiger charge is 1.99. The van der Waals surface area contributed by atoms with E-state index in [0.29, 0.717) is 6.61 Å². The molecular weight excluding hydrogens is 212 g/mol. The number of allylic oxidation sites excluding steroid dienone is 3. The molecule has 0 unspecified atom stereocenters. The number of hydrogen-bond donors (Lipinski definition) is 0. The van der Waals surface area contributed by atoms with Crippen LogP contribution in [0.4, 0.5) is 0 Å². The first-order chi connectivity index (χ1) is 8.01. The van der Waals surface area contributed by atoms with E-state index in [1.54, 1.807) is 0 Å². The van der Waals surface area contributed by atoms with Crippen molar-refractivity contribution < 1.29 is 9.53 Å². The largest absolute Gasteiger partial charge is 0.458 e. The van der Waals surface area contributed by atoms with Crippen LogP contribution in [0.3, 0.4) is 0 Å². The van der Waals surface area contributed by atoms with Crippen LogP contribution >= 0.6 is 0 Å². The van der Waals surface area contributed by atoms with Crippen LogP contribution in [-0.4, -0.2) is 12.6 Å². The van der Waals surface area contributed by atoms with Crippen LogP contribution in [0.15, 0.2) is 35.5 Å². The molecular formula is C15H24O2. The van der Waals surface area contributed by atoms with Crippen molar-refractivity contribution in [3.05, 3.63) is 35.5 Å². The van der Waals surface area contributed by atoms with E-state index in [2.05, 4.69) is 34.3 Å². The van der Waals surface area contributed by atoms with E-state index in [9.17, 15) is 4.79 Å². The van der Waals surface area contributed by atoms with Gasteiger partial charge in [-0.15, -0.1) is 0 Å². The maximum Gasteiger partial charge on any atom is 0.330 e. The van der Waals surface area contributed by atoms with Crippen LogP contribution < -0.4 is 0 Å². The lowest BCUT2D eigenvalue weighted by Gasteiger charge is -2.07. The molecule has 0 bridgehead atoms. The molecule has 2 nitrogen and oxygen atoms in total. The number of rotatable bonds is 7. The first kappa shape index (κ1) is 15.7. The number of ether oxygens (including phenoxy) is 1. The third kappa shape index (κ3) is 7.56. The smallest absolute Gasteiger partial charge is 0.330 e. The van der Waals surface area contributed by atoms with E-state index < -0.39 is 0 Å². The normalized spacial score (nSPS) is 10.9. The van der Waals surface area contributed by atoms with E-state index in [1.807, 2.05) is 6.08 Å². The summed E-state index contributed by atoms with van der Waals surface area (Å²) in [5.74, 6) is -0.368. The Morgan fingerprint density at radius 3 is 2.35 bits per heavy atom. The molecule has 0 aliphatic carbocycles. The second kappa shape index (κ2) is 8.80. The Hall–Kier alpha value is -1.31. The minimum atomic E-state index is -0.368. The highest BCUT2D eigenvalue weighted by atomic mass is 16.5. The minimum absolute atomic E-state index is 0.340. The summed E-state index contributed by atoms with van der Waals surface area (Å²) in [6.45, 7) is 12.3. The van der Waals surface area contributed by atoms with E-state index in [0.717, 1.165) is 19.3 Å². The zero-order valence-corrected chi connectivity index (χ0v) is 11.5. The van der Waals surface area contributed by atoms with Crippen molar-refractivity contribution in [1.82, 2.24) is 0 Å². The van der Waals surface area contributed by atoms with Gasteiger partial charge < -0.3 is 4.74 Å². The van der Waals surface area contributed by atoms with Gasteiger partial charge in [0, 0.05) is 6.08 Å². The molecule has 0 saturated heterocycles. The van der Waals surface area contributed by atoms with E-state index >= 15 is 0 Å². The van der Waals surface area contributed by atoms with Gasteiger partial charge in [-0.25, -0.2) is 4.79 Å². The Bertz CT molecular complexity index is 318. The van der Waals surface area contributed by atoms with E-state index in [4.69, 9.17) is 4.74 Å². The fourth-order valence-electron chi connectivity index (χ4n) is 1.56. The van der Waals surface area contributed by atoms with Gasteiger partial charge in [0.1, 0.15) is 6.61 Å². The molecule has 0 aliphatic rings. The standard InChI is InChI=1S/C15H24O2/c1-6-14(12(3)4)9-8-13(5)10-11-17-15(16)7-2/h7,10H,2,6,8-9,11H2,1,3-5H3. The Labute approximate surface area is 105 Å². The Morgan fingerprint density at radius 2 is 1.88 bits per heavy atom. The summed E-state index contributed by atoms with van der Waals surface area (Å²) in [7, 11) is 0. The Balaban J connectivity index is 4.05. The van der Waals surface area contributed by atoms with Crippen molar-refractivity contribution in [2.75, 3.05) is 6.61 Å². The number of hydrogen-bond acceptors (Lipinski definition) is 2. The second-order valence-electron chi connectivity index (χ2n) is 4.34. The van der Waals surface area contributed by atoms with Gasteiger partial charge in [0.2, 0.25) is 0 Å². The van der Waals surface area contributed by atoms with Gasteiger partial charge in [-0.05, 0) is 46.1 Å². The monoisotopic (exact) mass is 236 g/mol. The molecule has 0 heterocycles. The Morgan fingerprint density at radius 1 is 1.24 bits per heavy atom. The topological polar surface area (TPSA) is 26.3 Å². The van der Waals surface area contributed by atoms with Crippen LogP contribution in [0.2, 0.25) is 0 Å². The van der Waals surface area contributed by atoms with Gasteiger partial charge in [-0.3, -0.25) is 0 Å². The zero-order valence-electron chi connectivity index (χ0n) is 11.5. The summed E-state index contributed by atoms with van der Waals surface area (Å²) in [6.07, 6.45) is 6.37. The van der Waals surface area contributed by atoms with Crippen LogP contribution in [0, 0.1) is 0 Å². The predicted octanol–water partition coefficient (Wildman–Crippen LogP) is 4.19. The fraction of sp³-hybridized carbons (Fsp3) is 0.533. The van der Waals surface area contributed by atoms with Crippen LogP contribution in [-0.2, 0) is 9.53 Å². The molecule has 0 N–H and O–H groups in total. The van der Waals surface area contributed by atoms with Crippen molar-refractivity contribution in [2.45, 2.75) is 47.0 Å². The third-order valence-corrected chi connectivity index (χ3v) is 2.78. The molecule has 0 atom stereocenters. The lowest BCUT2D eigenvalue weighted by molar-refractivity contribution is -0.136. The molecule has 0 amide bonds. The first-order valence-electron chi connectivity index (χ1n) is 6.11. The summed E-state index contributed by atoms with van der Waals surface area (Å²) in [6, 6.07) is 0. The van der Waals surface area contributed by atoms with Crippen LogP contribution in [0.1, 0.15) is 47.0 Å². The van der Waals surface area contributed by atoms with Crippen molar-refractivity contribution in [1.29, 1.82) is 0 Å². The predicted molar refractivity (Wildman–Crippen MR) is 72.8 cm³/mol. The van der Waals surface area contributed by atoms with Crippen molar-refractivity contribution in [2.24, 2.45) is 0 Å². The summed E-state index contributed by atoms with van der Waals surface area (Å²) in [4.78, 5) is 10.8. The van der Waals surface area contributed by atoms with E-state index in [1.165, 1.54) is 22.8 Å². The third-order valence-electron chi connectivity index (χ3n) is 2.78. The fourth-order valence-corrected chi connectivity index (χ4v) is 1.56. The molecule has 0 aliphatic heterocycles. The summed E-state index contributed by atoms with van der Waals surface area (Å²) in [5.41, 5.74) is 4.19. The average Bonchev–Trinajstić information content (AvgIpc) is 2.29. The molecule has 17 heavy (non-hydrogen) atoms. The van der Waals surface area contributed by atoms with Gasteiger partial charge >= 0.3 is 5.97 Å². The maximum absolute atomic E-state index is 10.8.